The molecule has 0 saturated carbocycles. The van der Waals surface area contributed by atoms with Crippen molar-refractivity contribution >= 4 is 29.0 Å². The number of halogens is 1. The van der Waals surface area contributed by atoms with E-state index in [9.17, 15) is 14.9 Å². The SMILES string of the molecule is O=C(Nc1ccccn1)c1ccc([N+](=O)[O-])c(Cl)c1. The molecule has 0 aliphatic rings. The van der Waals surface area contributed by atoms with Crippen LogP contribution in [0.4, 0.5) is 11.5 Å². The van der Waals surface area contributed by atoms with Crippen molar-refractivity contribution in [1.82, 2.24) is 4.98 Å². The van der Waals surface area contributed by atoms with Crippen LogP contribution >= 0.6 is 11.6 Å². The largest absolute Gasteiger partial charge is 0.307 e. The number of aromatic nitrogens is 1. The minimum atomic E-state index is -0.608. The van der Waals surface area contributed by atoms with Crippen molar-refractivity contribution in [1.29, 1.82) is 0 Å². The predicted octanol–water partition coefficient (Wildman–Crippen LogP) is 2.90. The number of nitro benzene ring substituents is 1. The fourth-order valence-corrected chi connectivity index (χ4v) is 1.67. The third-order valence-electron chi connectivity index (χ3n) is 2.31. The second-order valence-electron chi connectivity index (χ2n) is 3.59. The van der Waals surface area contributed by atoms with Gasteiger partial charge in [0, 0.05) is 17.8 Å². The van der Waals surface area contributed by atoms with Crippen molar-refractivity contribution in [3.05, 3.63) is 63.3 Å². The lowest BCUT2D eigenvalue weighted by molar-refractivity contribution is -0.384. The van der Waals surface area contributed by atoms with Crippen LogP contribution in [0.2, 0.25) is 5.02 Å². The molecule has 96 valence electrons. The van der Waals surface area contributed by atoms with E-state index < -0.39 is 10.8 Å². The minimum Gasteiger partial charge on any atom is -0.307 e. The molecule has 0 spiro atoms. The lowest BCUT2D eigenvalue weighted by atomic mass is 10.2. The highest BCUT2D eigenvalue weighted by Gasteiger charge is 2.15. The topological polar surface area (TPSA) is 85.1 Å². The van der Waals surface area contributed by atoms with Crippen molar-refractivity contribution < 1.29 is 9.72 Å². The smallest absolute Gasteiger partial charge is 0.287 e. The van der Waals surface area contributed by atoms with Crippen LogP contribution in [0.3, 0.4) is 0 Å². The Balaban J connectivity index is 2.21. The summed E-state index contributed by atoms with van der Waals surface area (Å²) in [6, 6.07) is 8.85. The molecule has 0 radical (unpaired) electrons. The molecule has 1 aromatic carbocycles. The van der Waals surface area contributed by atoms with Crippen LogP contribution in [0, 0.1) is 10.1 Å². The number of amides is 1. The number of carbonyl (C=O) groups is 1. The number of nitro groups is 1. The molecule has 0 aliphatic heterocycles. The normalized spacial score (nSPS) is 9.95. The number of rotatable bonds is 3. The highest BCUT2D eigenvalue weighted by Crippen LogP contribution is 2.25. The summed E-state index contributed by atoms with van der Waals surface area (Å²) in [4.78, 5) is 25.8. The van der Waals surface area contributed by atoms with Gasteiger partial charge >= 0.3 is 0 Å². The summed E-state index contributed by atoms with van der Waals surface area (Å²) in [5.41, 5.74) is -0.0164. The van der Waals surface area contributed by atoms with Gasteiger partial charge in [-0.25, -0.2) is 4.98 Å². The first-order chi connectivity index (χ1) is 9.08. The van der Waals surface area contributed by atoms with Gasteiger partial charge in [-0.15, -0.1) is 0 Å². The maximum atomic E-state index is 11.9. The molecule has 0 aliphatic carbocycles. The third kappa shape index (κ3) is 3.05. The van der Waals surface area contributed by atoms with Gasteiger partial charge in [-0.2, -0.15) is 0 Å². The van der Waals surface area contributed by atoms with E-state index in [1.165, 1.54) is 18.2 Å². The highest BCUT2D eigenvalue weighted by atomic mass is 35.5. The van der Waals surface area contributed by atoms with Crippen LogP contribution in [0.25, 0.3) is 0 Å². The second-order valence-corrected chi connectivity index (χ2v) is 4.00. The minimum absolute atomic E-state index is 0.0846. The number of hydrogen-bond donors (Lipinski definition) is 1. The number of anilines is 1. The van der Waals surface area contributed by atoms with E-state index in [0.717, 1.165) is 0 Å². The monoisotopic (exact) mass is 277 g/mol. The molecule has 1 N–H and O–H groups in total. The van der Waals surface area contributed by atoms with E-state index in [0.29, 0.717) is 5.82 Å². The van der Waals surface area contributed by atoms with Gasteiger partial charge in [0.15, 0.2) is 0 Å². The van der Waals surface area contributed by atoms with E-state index in [4.69, 9.17) is 11.6 Å². The zero-order valence-electron chi connectivity index (χ0n) is 9.54. The van der Waals surface area contributed by atoms with E-state index in [1.807, 2.05) is 0 Å². The quantitative estimate of drug-likeness (QED) is 0.690. The van der Waals surface area contributed by atoms with Crippen LogP contribution in [-0.2, 0) is 0 Å². The summed E-state index contributed by atoms with van der Waals surface area (Å²) in [6.07, 6.45) is 1.54. The molecule has 7 heteroatoms. The molecular formula is C12H8ClN3O3. The molecule has 1 amide bonds. The van der Waals surface area contributed by atoms with E-state index in [-0.39, 0.29) is 16.3 Å². The molecule has 1 aromatic heterocycles. The summed E-state index contributed by atoms with van der Waals surface area (Å²) in [5, 5.41) is 13.1. The lowest BCUT2D eigenvalue weighted by Crippen LogP contribution is -2.12. The van der Waals surface area contributed by atoms with Gasteiger partial charge in [0.2, 0.25) is 0 Å². The van der Waals surface area contributed by atoms with Gasteiger partial charge in [-0.3, -0.25) is 14.9 Å². The molecule has 0 atom stereocenters. The fraction of sp³-hybridized carbons (Fsp3) is 0. The molecule has 6 nitrogen and oxygen atoms in total. The number of nitrogens with zero attached hydrogens (tertiary/aromatic N) is 2. The van der Waals surface area contributed by atoms with Gasteiger partial charge in [0.05, 0.1) is 4.92 Å². The summed E-state index contributed by atoms with van der Waals surface area (Å²) in [6.45, 7) is 0. The summed E-state index contributed by atoms with van der Waals surface area (Å²) < 4.78 is 0. The molecule has 0 fully saturated rings. The summed E-state index contributed by atoms with van der Waals surface area (Å²) >= 11 is 5.73. The van der Waals surface area contributed by atoms with Crippen LogP contribution in [0.5, 0.6) is 0 Å². The van der Waals surface area contributed by atoms with Crippen LogP contribution in [-0.4, -0.2) is 15.8 Å². The van der Waals surface area contributed by atoms with Crippen molar-refractivity contribution in [2.45, 2.75) is 0 Å². The Bertz CT molecular complexity index is 631. The Morgan fingerprint density at radius 3 is 2.68 bits per heavy atom. The number of benzene rings is 1. The summed E-state index contributed by atoms with van der Waals surface area (Å²) in [7, 11) is 0. The van der Waals surface area contributed by atoms with Crippen molar-refractivity contribution in [3.8, 4) is 0 Å². The average molecular weight is 278 g/mol. The lowest BCUT2D eigenvalue weighted by Gasteiger charge is -2.04. The Kier molecular flexibility index (Phi) is 3.72. The van der Waals surface area contributed by atoms with Gasteiger partial charge in [0.1, 0.15) is 10.8 Å². The van der Waals surface area contributed by atoms with Gasteiger partial charge < -0.3 is 5.32 Å². The highest BCUT2D eigenvalue weighted by molar-refractivity contribution is 6.33. The Morgan fingerprint density at radius 1 is 1.32 bits per heavy atom. The first-order valence-electron chi connectivity index (χ1n) is 5.24. The molecule has 19 heavy (non-hydrogen) atoms. The zero-order valence-corrected chi connectivity index (χ0v) is 10.3. The van der Waals surface area contributed by atoms with Crippen molar-refractivity contribution in [2.24, 2.45) is 0 Å². The molecule has 0 bridgehead atoms. The van der Waals surface area contributed by atoms with E-state index >= 15 is 0 Å². The van der Waals surface area contributed by atoms with Crippen molar-refractivity contribution in [3.63, 3.8) is 0 Å². The molecular weight excluding hydrogens is 270 g/mol. The zero-order chi connectivity index (χ0) is 13.8. The van der Waals surface area contributed by atoms with E-state index in [1.54, 1.807) is 24.4 Å². The fourth-order valence-electron chi connectivity index (χ4n) is 1.42. The predicted molar refractivity (Wildman–Crippen MR) is 70.3 cm³/mol. The van der Waals surface area contributed by atoms with Crippen molar-refractivity contribution in [2.75, 3.05) is 5.32 Å². The van der Waals surface area contributed by atoms with Gasteiger partial charge in [0.25, 0.3) is 11.6 Å². The molecule has 2 rings (SSSR count). The second kappa shape index (κ2) is 5.45. The Labute approximate surface area is 113 Å². The number of carbonyl (C=O) groups excluding carboxylic acids is 1. The van der Waals surface area contributed by atoms with E-state index in [2.05, 4.69) is 10.3 Å². The van der Waals surface area contributed by atoms with Crippen LogP contribution in [0.1, 0.15) is 10.4 Å². The molecule has 0 unspecified atom stereocenters. The number of hydrogen-bond acceptors (Lipinski definition) is 4. The van der Waals surface area contributed by atoms with Crippen LogP contribution in [0.15, 0.2) is 42.6 Å². The standard InChI is InChI=1S/C12H8ClN3O3/c13-9-7-8(4-5-10(9)16(18)19)12(17)15-11-3-1-2-6-14-11/h1-7H,(H,14,15,17). The number of nitrogens with one attached hydrogen (secondary N) is 1. The number of pyridine rings is 1. The van der Waals surface area contributed by atoms with Gasteiger partial charge in [-0.05, 0) is 24.3 Å². The van der Waals surface area contributed by atoms with Crippen LogP contribution < -0.4 is 5.32 Å². The first-order valence-corrected chi connectivity index (χ1v) is 5.62. The molecule has 2 aromatic rings. The maximum absolute atomic E-state index is 11.9. The average Bonchev–Trinajstić information content (AvgIpc) is 2.39. The maximum Gasteiger partial charge on any atom is 0.287 e. The molecule has 0 saturated heterocycles. The first kappa shape index (κ1) is 13.0. The third-order valence-corrected chi connectivity index (χ3v) is 2.62. The summed E-state index contributed by atoms with van der Waals surface area (Å²) in [5.74, 6) is -0.0440. The Hall–Kier alpha value is -2.47. The molecule has 1 heterocycles. The Morgan fingerprint density at radius 2 is 2.11 bits per heavy atom. The van der Waals surface area contributed by atoms with Gasteiger partial charge in [-0.1, -0.05) is 17.7 Å².